The fraction of sp³-hybridized carbons (Fsp3) is 0.438. The first-order chi connectivity index (χ1) is 12.5. The Bertz CT molecular complexity index is 695. The summed E-state index contributed by atoms with van der Waals surface area (Å²) in [6, 6.07) is 3.38. The molecule has 1 unspecified atom stereocenters. The van der Waals surface area contributed by atoms with E-state index in [-0.39, 0.29) is 11.4 Å². The zero-order valence-electron chi connectivity index (χ0n) is 15.2. The number of hydrogen-bond acceptors (Lipinski definition) is 9. The van der Waals surface area contributed by atoms with Gasteiger partial charge in [-0.1, -0.05) is 0 Å². The molecule has 0 aliphatic rings. The molecule has 11 heteroatoms. The second-order valence-corrected chi connectivity index (χ2v) is 6.14. The lowest BCUT2D eigenvalue weighted by atomic mass is 10.2. The Kier molecular flexibility index (Phi) is 7.51. The number of benzene rings is 1. The molecule has 0 aromatic heterocycles. The van der Waals surface area contributed by atoms with Crippen LogP contribution in [0.25, 0.3) is 0 Å². The van der Waals surface area contributed by atoms with Crippen LogP contribution < -0.4 is 10.1 Å². The van der Waals surface area contributed by atoms with Crippen LogP contribution in [-0.4, -0.2) is 48.5 Å². The lowest BCUT2D eigenvalue weighted by molar-refractivity contribution is -0.384. The number of nitrogens with one attached hydrogen (secondary N) is 1. The van der Waals surface area contributed by atoms with E-state index < -0.39 is 41.4 Å². The normalized spacial score (nSPS) is 11.7. The largest absolute Gasteiger partial charge is 0.513 e. The Morgan fingerprint density at radius 2 is 1.78 bits per heavy atom. The second kappa shape index (κ2) is 9.36. The zero-order valence-corrected chi connectivity index (χ0v) is 15.2. The summed E-state index contributed by atoms with van der Waals surface area (Å²) in [6.07, 6.45) is -2.08. The Balaban J connectivity index is 2.61. The highest BCUT2D eigenvalue weighted by Gasteiger charge is 2.26. The number of hydrogen-bond donors (Lipinski definition) is 1. The second-order valence-electron chi connectivity index (χ2n) is 6.14. The van der Waals surface area contributed by atoms with Gasteiger partial charge in [-0.25, -0.2) is 14.4 Å². The molecule has 0 saturated heterocycles. The molecule has 1 aromatic carbocycles. The highest BCUT2D eigenvalue weighted by molar-refractivity contribution is 5.81. The molecule has 1 rings (SSSR count). The highest BCUT2D eigenvalue weighted by Crippen LogP contribution is 2.17. The first-order valence-electron chi connectivity index (χ1n) is 7.68. The summed E-state index contributed by atoms with van der Waals surface area (Å²) in [5, 5.41) is 12.8. The van der Waals surface area contributed by atoms with Crippen LogP contribution in [-0.2, 0) is 19.0 Å². The molecule has 11 nitrogen and oxygen atoms in total. The van der Waals surface area contributed by atoms with Crippen molar-refractivity contribution >= 4 is 23.9 Å². The number of non-ortho nitro benzene ring substituents is 1. The molecule has 27 heavy (non-hydrogen) atoms. The quantitative estimate of drug-likeness (QED) is 0.256. The molecule has 1 atom stereocenters. The topological polar surface area (TPSA) is 143 Å². The molecule has 0 aliphatic heterocycles. The predicted octanol–water partition coefficient (Wildman–Crippen LogP) is 2.18. The van der Waals surface area contributed by atoms with Gasteiger partial charge in [0, 0.05) is 12.1 Å². The Labute approximate surface area is 154 Å². The first-order valence-corrected chi connectivity index (χ1v) is 7.68. The van der Waals surface area contributed by atoms with Crippen LogP contribution >= 0.6 is 0 Å². The van der Waals surface area contributed by atoms with Crippen molar-refractivity contribution in [2.45, 2.75) is 32.4 Å². The van der Waals surface area contributed by atoms with E-state index in [9.17, 15) is 24.5 Å². The maximum Gasteiger partial charge on any atom is 0.513 e. The molecule has 0 fully saturated rings. The molecule has 0 heterocycles. The number of esters is 1. The third-order valence-corrected chi connectivity index (χ3v) is 2.79. The molecule has 148 valence electrons. The van der Waals surface area contributed by atoms with Crippen molar-refractivity contribution in [3.8, 4) is 5.75 Å². The maximum atomic E-state index is 11.7. The first kappa shape index (κ1) is 21.7. The van der Waals surface area contributed by atoms with Crippen molar-refractivity contribution < 1.29 is 38.3 Å². The Morgan fingerprint density at radius 1 is 1.19 bits per heavy atom. The summed E-state index contributed by atoms with van der Waals surface area (Å²) < 4.78 is 19.1. The smallest absolute Gasteiger partial charge is 0.467 e. The van der Waals surface area contributed by atoms with Gasteiger partial charge in [-0.05, 0) is 32.9 Å². The van der Waals surface area contributed by atoms with Crippen molar-refractivity contribution in [2.24, 2.45) is 0 Å². The van der Waals surface area contributed by atoms with Gasteiger partial charge in [0.25, 0.3) is 5.69 Å². The number of ether oxygens (including phenoxy) is 4. The average molecular weight is 384 g/mol. The van der Waals surface area contributed by atoms with E-state index in [0.717, 1.165) is 19.2 Å². The lowest BCUT2D eigenvalue weighted by Gasteiger charge is -2.22. The van der Waals surface area contributed by atoms with E-state index in [0.29, 0.717) is 0 Å². The fourth-order valence-electron chi connectivity index (χ4n) is 1.67. The van der Waals surface area contributed by atoms with E-state index in [2.05, 4.69) is 10.1 Å². The number of nitrogens with zero attached hydrogens (tertiary/aromatic N) is 1. The van der Waals surface area contributed by atoms with Gasteiger partial charge in [-0.2, -0.15) is 0 Å². The fourth-order valence-corrected chi connectivity index (χ4v) is 1.67. The summed E-state index contributed by atoms with van der Waals surface area (Å²) >= 11 is 0. The number of alkyl carbamates (subject to hydrolysis) is 1. The average Bonchev–Trinajstić information content (AvgIpc) is 2.56. The number of nitro groups is 1. The maximum absolute atomic E-state index is 11.7. The highest BCUT2D eigenvalue weighted by atomic mass is 16.7. The summed E-state index contributed by atoms with van der Waals surface area (Å²) in [4.78, 5) is 45.1. The molecule has 1 amide bonds. The van der Waals surface area contributed by atoms with E-state index in [1.807, 2.05) is 0 Å². The molecule has 0 aliphatic carbocycles. The van der Waals surface area contributed by atoms with Crippen molar-refractivity contribution in [1.29, 1.82) is 0 Å². The Hall–Kier alpha value is -3.37. The van der Waals surface area contributed by atoms with E-state index in [1.165, 1.54) is 12.1 Å². The van der Waals surface area contributed by atoms with Crippen molar-refractivity contribution in [1.82, 2.24) is 5.32 Å². The van der Waals surface area contributed by atoms with Gasteiger partial charge in [-0.15, -0.1) is 0 Å². The molecule has 0 saturated carbocycles. The summed E-state index contributed by atoms with van der Waals surface area (Å²) in [5.41, 5.74) is -0.969. The van der Waals surface area contributed by atoms with Crippen molar-refractivity contribution in [3.63, 3.8) is 0 Å². The molecular formula is C16H20N2O9. The van der Waals surface area contributed by atoms with Crippen molar-refractivity contribution in [3.05, 3.63) is 34.4 Å². The Morgan fingerprint density at radius 3 is 2.26 bits per heavy atom. The van der Waals surface area contributed by atoms with Gasteiger partial charge < -0.3 is 24.3 Å². The minimum Gasteiger partial charge on any atom is -0.467 e. The van der Waals surface area contributed by atoms with Crippen LogP contribution in [0.15, 0.2) is 24.3 Å². The SMILES string of the molecule is COC(=O)C(COC(=O)Oc1ccc([N+](=O)[O-])cc1)NC(=O)OC(C)(C)C. The van der Waals surface area contributed by atoms with Gasteiger partial charge >= 0.3 is 18.2 Å². The number of carbonyl (C=O) groups is 3. The third-order valence-electron chi connectivity index (χ3n) is 2.79. The van der Waals surface area contributed by atoms with Gasteiger partial charge in [0.1, 0.15) is 18.0 Å². The van der Waals surface area contributed by atoms with Crippen molar-refractivity contribution in [2.75, 3.05) is 13.7 Å². The van der Waals surface area contributed by atoms with Crippen LogP contribution in [0.2, 0.25) is 0 Å². The molecule has 0 spiro atoms. The minimum absolute atomic E-state index is 0.000296. The zero-order chi connectivity index (χ0) is 20.6. The standard InChI is InChI=1S/C16H20N2O9/c1-16(2,3)27-14(20)17-12(13(19)24-4)9-25-15(21)26-11-7-5-10(6-8-11)18(22)23/h5-8,12H,9H2,1-4H3,(H,17,20). The summed E-state index contributed by atoms with van der Waals surface area (Å²) in [7, 11) is 1.10. The van der Waals surface area contributed by atoms with Gasteiger partial charge in [-0.3, -0.25) is 10.1 Å². The summed E-state index contributed by atoms with van der Waals surface area (Å²) in [5.74, 6) is -0.857. The van der Waals surface area contributed by atoms with Gasteiger partial charge in [0.05, 0.1) is 12.0 Å². The van der Waals surface area contributed by atoms with E-state index in [1.54, 1.807) is 20.8 Å². The molecule has 1 N–H and O–H groups in total. The van der Waals surface area contributed by atoms with Crippen LogP contribution in [0.4, 0.5) is 15.3 Å². The van der Waals surface area contributed by atoms with Gasteiger partial charge in [0.2, 0.25) is 0 Å². The predicted molar refractivity (Wildman–Crippen MR) is 90.2 cm³/mol. The lowest BCUT2D eigenvalue weighted by Crippen LogP contribution is -2.47. The number of methoxy groups -OCH3 is 1. The molecule has 0 bridgehead atoms. The molecule has 1 aromatic rings. The van der Waals surface area contributed by atoms with Crippen LogP contribution in [0.1, 0.15) is 20.8 Å². The number of rotatable bonds is 6. The number of carbonyl (C=O) groups excluding carboxylic acids is 3. The monoisotopic (exact) mass is 384 g/mol. The third kappa shape index (κ3) is 8.03. The summed E-state index contributed by atoms with van der Waals surface area (Å²) in [6.45, 7) is 4.34. The molecule has 0 radical (unpaired) electrons. The number of nitro benzene ring substituents is 1. The van der Waals surface area contributed by atoms with Crippen LogP contribution in [0.3, 0.4) is 0 Å². The van der Waals surface area contributed by atoms with Crippen LogP contribution in [0.5, 0.6) is 5.75 Å². The van der Waals surface area contributed by atoms with Crippen LogP contribution in [0, 0.1) is 10.1 Å². The van der Waals surface area contributed by atoms with Gasteiger partial charge in [0.15, 0.2) is 6.04 Å². The van der Waals surface area contributed by atoms with E-state index >= 15 is 0 Å². The minimum atomic E-state index is -1.31. The van der Waals surface area contributed by atoms with E-state index in [4.69, 9.17) is 14.2 Å². The number of amides is 1. The molecular weight excluding hydrogens is 364 g/mol.